The van der Waals surface area contributed by atoms with Crippen LogP contribution in [-0.2, 0) is 0 Å². The van der Waals surface area contributed by atoms with Gasteiger partial charge in [0.05, 0.1) is 0 Å². The predicted molar refractivity (Wildman–Crippen MR) is 55.5 cm³/mol. The standard InChI is InChI=1S/C7H8INOS/c8-2-3-9-7(10)6-1-4-11-5-6/h1,4-5H,2-3H2,(H,9,10). The molecular formula is C7H8INOS. The lowest BCUT2D eigenvalue weighted by Crippen LogP contribution is -2.24. The summed E-state index contributed by atoms with van der Waals surface area (Å²) in [6.45, 7) is 0.745. The fourth-order valence-corrected chi connectivity index (χ4v) is 1.56. The number of hydrogen-bond donors (Lipinski definition) is 1. The molecule has 0 atom stereocenters. The third kappa shape index (κ3) is 2.78. The number of carbonyl (C=O) groups is 1. The van der Waals surface area contributed by atoms with Crippen molar-refractivity contribution in [3.63, 3.8) is 0 Å². The highest BCUT2D eigenvalue weighted by Gasteiger charge is 2.02. The van der Waals surface area contributed by atoms with E-state index in [0.717, 1.165) is 16.5 Å². The lowest BCUT2D eigenvalue weighted by Gasteiger charge is -1.98. The normalized spacial score (nSPS) is 9.55. The van der Waals surface area contributed by atoms with Gasteiger partial charge in [0.25, 0.3) is 5.91 Å². The number of alkyl halides is 1. The molecule has 1 heterocycles. The van der Waals surface area contributed by atoms with E-state index >= 15 is 0 Å². The van der Waals surface area contributed by atoms with Crippen molar-refractivity contribution in [3.05, 3.63) is 22.4 Å². The zero-order chi connectivity index (χ0) is 8.10. The zero-order valence-corrected chi connectivity index (χ0v) is 8.81. The summed E-state index contributed by atoms with van der Waals surface area (Å²) < 4.78 is 0.952. The number of nitrogens with one attached hydrogen (secondary N) is 1. The fraction of sp³-hybridized carbons (Fsp3) is 0.286. The second kappa shape index (κ2) is 4.71. The first-order chi connectivity index (χ1) is 5.34. The molecule has 2 nitrogen and oxygen atoms in total. The third-order valence-corrected chi connectivity index (χ3v) is 2.39. The summed E-state index contributed by atoms with van der Waals surface area (Å²) in [7, 11) is 0. The molecule has 0 fully saturated rings. The maximum atomic E-state index is 11.2. The van der Waals surface area contributed by atoms with Crippen molar-refractivity contribution in [2.24, 2.45) is 0 Å². The summed E-state index contributed by atoms with van der Waals surface area (Å²) in [5.41, 5.74) is 0.764. The van der Waals surface area contributed by atoms with Gasteiger partial charge in [0.1, 0.15) is 0 Å². The van der Waals surface area contributed by atoms with Crippen LogP contribution in [0.2, 0.25) is 0 Å². The van der Waals surface area contributed by atoms with Crippen LogP contribution in [0.1, 0.15) is 10.4 Å². The van der Waals surface area contributed by atoms with Crippen LogP contribution < -0.4 is 5.32 Å². The predicted octanol–water partition coefficient (Wildman–Crippen LogP) is 1.91. The summed E-state index contributed by atoms with van der Waals surface area (Å²) in [4.78, 5) is 11.2. The van der Waals surface area contributed by atoms with Crippen molar-refractivity contribution in [1.29, 1.82) is 0 Å². The smallest absolute Gasteiger partial charge is 0.252 e. The van der Waals surface area contributed by atoms with Crippen LogP contribution in [-0.4, -0.2) is 16.9 Å². The van der Waals surface area contributed by atoms with Gasteiger partial charge < -0.3 is 5.32 Å². The molecule has 11 heavy (non-hydrogen) atoms. The van der Waals surface area contributed by atoms with Gasteiger partial charge in [-0.15, -0.1) is 0 Å². The second-order valence-electron chi connectivity index (χ2n) is 1.96. The molecule has 0 aliphatic carbocycles. The Kier molecular flexibility index (Phi) is 3.85. The monoisotopic (exact) mass is 281 g/mol. The van der Waals surface area contributed by atoms with Crippen molar-refractivity contribution in [2.75, 3.05) is 11.0 Å². The number of thiophene rings is 1. The van der Waals surface area contributed by atoms with E-state index in [1.54, 1.807) is 0 Å². The van der Waals surface area contributed by atoms with Crippen molar-refractivity contribution < 1.29 is 4.79 Å². The molecule has 0 spiro atoms. The maximum Gasteiger partial charge on any atom is 0.252 e. The Hall–Kier alpha value is -0.100. The first-order valence-electron chi connectivity index (χ1n) is 3.21. The molecule has 1 aromatic rings. The van der Waals surface area contributed by atoms with Crippen LogP contribution in [0.25, 0.3) is 0 Å². The summed E-state index contributed by atoms with van der Waals surface area (Å²) in [6, 6.07) is 1.83. The number of halogens is 1. The third-order valence-electron chi connectivity index (χ3n) is 1.16. The van der Waals surface area contributed by atoms with Gasteiger partial charge in [0.2, 0.25) is 0 Å². The van der Waals surface area contributed by atoms with Crippen LogP contribution in [0.4, 0.5) is 0 Å². The van der Waals surface area contributed by atoms with E-state index in [-0.39, 0.29) is 5.91 Å². The Labute approximate surface area is 83.1 Å². The van der Waals surface area contributed by atoms with E-state index in [1.807, 2.05) is 16.8 Å². The summed E-state index contributed by atoms with van der Waals surface area (Å²) in [6.07, 6.45) is 0. The highest BCUT2D eigenvalue weighted by molar-refractivity contribution is 14.1. The van der Waals surface area contributed by atoms with Gasteiger partial charge in [-0.1, -0.05) is 22.6 Å². The van der Waals surface area contributed by atoms with E-state index in [0.29, 0.717) is 0 Å². The molecule has 0 aliphatic heterocycles. The Bertz CT molecular complexity index is 222. The van der Waals surface area contributed by atoms with E-state index in [4.69, 9.17) is 0 Å². The second-order valence-corrected chi connectivity index (χ2v) is 3.82. The highest BCUT2D eigenvalue weighted by Crippen LogP contribution is 2.04. The van der Waals surface area contributed by atoms with Gasteiger partial charge in [-0.3, -0.25) is 4.79 Å². The molecule has 0 aliphatic rings. The number of carbonyl (C=O) groups excluding carboxylic acids is 1. The molecule has 0 saturated heterocycles. The fourth-order valence-electron chi connectivity index (χ4n) is 0.657. The van der Waals surface area contributed by atoms with Crippen LogP contribution >= 0.6 is 33.9 Å². The molecule has 4 heteroatoms. The first-order valence-corrected chi connectivity index (χ1v) is 5.68. The summed E-state index contributed by atoms with van der Waals surface area (Å²) in [5.74, 6) is 0.0305. The van der Waals surface area contributed by atoms with Crippen LogP contribution in [0, 0.1) is 0 Å². The van der Waals surface area contributed by atoms with Gasteiger partial charge in [0.15, 0.2) is 0 Å². The molecular weight excluding hydrogens is 273 g/mol. The number of rotatable bonds is 3. The number of amides is 1. The minimum atomic E-state index is 0.0305. The maximum absolute atomic E-state index is 11.2. The zero-order valence-electron chi connectivity index (χ0n) is 5.84. The van der Waals surface area contributed by atoms with Gasteiger partial charge in [-0.25, -0.2) is 0 Å². The Morgan fingerprint density at radius 2 is 2.55 bits per heavy atom. The van der Waals surface area contributed by atoms with Gasteiger partial charge in [-0.2, -0.15) is 11.3 Å². The average molecular weight is 281 g/mol. The van der Waals surface area contributed by atoms with Crippen molar-refractivity contribution in [1.82, 2.24) is 5.32 Å². The van der Waals surface area contributed by atoms with Crippen molar-refractivity contribution in [3.8, 4) is 0 Å². The molecule has 0 aromatic carbocycles. The van der Waals surface area contributed by atoms with E-state index in [2.05, 4.69) is 27.9 Å². The van der Waals surface area contributed by atoms with Crippen LogP contribution in [0.5, 0.6) is 0 Å². The summed E-state index contributed by atoms with van der Waals surface area (Å²) in [5, 5.41) is 6.55. The molecule has 1 rings (SSSR count). The van der Waals surface area contributed by atoms with Gasteiger partial charge >= 0.3 is 0 Å². The molecule has 60 valence electrons. The molecule has 0 saturated carbocycles. The molecule has 0 unspecified atom stereocenters. The van der Waals surface area contributed by atoms with Crippen LogP contribution in [0.3, 0.4) is 0 Å². The minimum absolute atomic E-state index is 0.0305. The van der Waals surface area contributed by atoms with E-state index in [1.165, 1.54) is 11.3 Å². The number of hydrogen-bond acceptors (Lipinski definition) is 2. The van der Waals surface area contributed by atoms with Gasteiger partial charge in [-0.05, 0) is 11.4 Å². The lowest BCUT2D eigenvalue weighted by molar-refractivity contribution is 0.0957. The highest BCUT2D eigenvalue weighted by atomic mass is 127. The molecule has 1 aromatic heterocycles. The largest absolute Gasteiger partial charge is 0.351 e. The average Bonchev–Trinajstić information content (AvgIpc) is 2.52. The summed E-state index contributed by atoms with van der Waals surface area (Å²) >= 11 is 3.77. The SMILES string of the molecule is O=C(NCCI)c1ccsc1. The molecule has 0 radical (unpaired) electrons. The minimum Gasteiger partial charge on any atom is -0.351 e. The molecule has 0 bridgehead atoms. The van der Waals surface area contributed by atoms with E-state index in [9.17, 15) is 4.79 Å². The van der Waals surface area contributed by atoms with Gasteiger partial charge in [0, 0.05) is 21.9 Å². The van der Waals surface area contributed by atoms with Crippen molar-refractivity contribution in [2.45, 2.75) is 0 Å². The van der Waals surface area contributed by atoms with E-state index < -0.39 is 0 Å². The van der Waals surface area contributed by atoms with Crippen LogP contribution in [0.15, 0.2) is 16.8 Å². The quantitative estimate of drug-likeness (QED) is 0.665. The Balaban J connectivity index is 2.43. The first kappa shape index (κ1) is 8.99. The lowest BCUT2D eigenvalue weighted by atomic mass is 10.3. The topological polar surface area (TPSA) is 29.1 Å². The molecule has 1 amide bonds. The Morgan fingerprint density at radius 3 is 3.09 bits per heavy atom. The van der Waals surface area contributed by atoms with Crippen molar-refractivity contribution >= 4 is 39.8 Å². The Morgan fingerprint density at radius 1 is 1.73 bits per heavy atom. The molecule has 1 N–H and O–H groups in total.